The summed E-state index contributed by atoms with van der Waals surface area (Å²) < 4.78 is 10.9. The predicted octanol–water partition coefficient (Wildman–Crippen LogP) is 2.32. The summed E-state index contributed by atoms with van der Waals surface area (Å²) in [6, 6.07) is 16.0. The fraction of sp³-hybridized carbons (Fsp3) is 0.409. The van der Waals surface area contributed by atoms with Gasteiger partial charge >= 0.3 is 0 Å². The Morgan fingerprint density at radius 3 is 2.46 bits per heavy atom. The van der Waals surface area contributed by atoms with Crippen LogP contribution in [0.1, 0.15) is 5.56 Å². The third-order valence-corrected chi connectivity index (χ3v) is 4.86. The number of nitrogens with zero attached hydrogens (tertiary/aromatic N) is 2. The number of nitrogens with one attached hydrogen (secondary N) is 1. The Kier molecular flexibility index (Phi) is 7.14. The number of hydrogen-bond donors (Lipinski definition) is 1. The van der Waals surface area contributed by atoms with Crippen molar-refractivity contribution in [2.45, 2.75) is 6.92 Å². The van der Waals surface area contributed by atoms with E-state index in [-0.39, 0.29) is 5.91 Å². The fourth-order valence-corrected chi connectivity index (χ4v) is 3.28. The zero-order valence-electron chi connectivity index (χ0n) is 16.7. The van der Waals surface area contributed by atoms with E-state index in [1.807, 2.05) is 43.3 Å². The largest absolute Gasteiger partial charge is 0.497 e. The van der Waals surface area contributed by atoms with Gasteiger partial charge in [0.05, 0.1) is 20.2 Å². The van der Waals surface area contributed by atoms with Crippen LogP contribution >= 0.6 is 0 Å². The van der Waals surface area contributed by atoms with Gasteiger partial charge in [0.15, 0.2) is 0 Å². The molecular weight excluding hydrogens is 354 g/mol. The van der Waals surface area contributed by atoms with E-state index < -0.39 is 0 Å². The molecule has 0 bridgehead atoms. The van der Waals surface area contributed by atoms with Crippen molar-refractivity contribution < 1.29 is 14.3 Å². The highest BCUT2D eigenvalue weighted by atomic mass is 16.5. The van der Waals surface area contributed by atoms with Gasteiger partial charge in [0.2, 0.25) is 5.91 Å². The molecule has 0 spiro atoms. The topological polar surface area (TPSA) is 54.0 Å². The van der Waals surface area contributed by atoms with Gasteiger partial charge in [-0.25, -0.2) is 0 Å². The van der Waals surface area contributed by atoms with E-state index in [0.29, 0.717) is 19.7 Å². The molecule has 1 aliphatic heterocycles. The van der Waals surface area contributed by atoms with E-state index in [2.05, 4.69) is 27.2 Å². The monoisotopic (exact) mass is 383 g/mol. The summed E-state index contributed by atoms with van der Waals surface area (Å²) in [5.74, 6) is 1.75. The van der Waals surface area contributed by atoms with Crippen molar-refractivity contribution in [3.63, 3.8) is 0 Å². The number of carbonyl (C=O) groups excluding carboxylic acids is 1. The quantitative estimate of drug-likeness (QED) is 0.709. The molecule has 1 amide bonds. The molecule has 1 aliphatic rings. The lowest BCUT2D eigenvalue weighted by molar-refractivity contribution is -0.122. The summed E-state index contributed by atoms with van der Waals surface area (Å²) in [7, 11) is 1.67. The van der Waals surface area contributed by atoms with E-state index in [1.165, 1.54) is 5.69 Å². The summed E-state index contributed by atoms with van der Waals surface area (Å²) in [5.41, 5.74) is 2.36. The SMILES string of the molecule is COc1ccc(N2CCN(CC(=O)NCCOc3cccc(C)c3)CC2)cc1. The highest BCUT2D eigenvalue weighted by Crippen LogP contribution is 2.20. The van der Waals surface area contributed by atoms with Crippen LogP contribution in [0.3, 0.4) is 0 Å². The first-order valence-electron chi connectivity index (χ1n) is 9.71. The van der Waals surface area contributed by atoms with E-state index in [4.69, 9.17) is 9.47 Å². The number of ether oxygens (including phenoxy) is 2. The summed E-state index contributed by atoms with van der Waals surface area (Å²) >= 11 is 0. The molecule has 3 rings (SSSR count). The first kappa shape index (κ1) is 20.0. The molecule has 0 saturated carbocycles. The molecule has 1 fully saturated rings. The second-order valence-corrected chi connectivity index (χ2v) is 6.98. The normalized spacial score (nSPS) is 14.6. The maximum absolute atomic E-state index is 12.2. The minimum Gasteiger partial charge on any atom is -0.497 e. The number of benzene rings is 2. The fourth-order valence-electron chi connectivity index (χ4n) is 3.28. The first-order chi connectivity index (χ1) is 13.6. The molecule has 150 valence electrons. The Balaban J connectivity index is 1.33. The van der Waals surface area contributed by atoms with Crippen LogP contribution < -0.4 is 19.7 Å². The highest BCUT2D eigenvalue weighted by Gasteiger charge is 2.19. The molecule has 0 atom stereocenters. The Morgan fingerprint density at radius 2 is 1.79 bits per heavy atom. The number of methoxy groups -OCH3 is 1. The van der Waals surface area contributed by atoms with Crippen LogP contribution in [0.25, 0.3) is 0 Å². The number of hydrogen-bond acceptors (Lipinski definition) is 5. The molecule has 2 aromatic carbocycles. The van der Waals surface area contributed by atoms with Crippen LogP contribution in [0, 0.1) is 6.92 Å². The lowest BCUT2D eigenvalue weighted by Crippen LogP contribution is -2.49. The molecule has 0 aliphatic carbocycles. The number of aryl methyl sites for hydroxylation is 1. The van der Waals surface area contributed by atoms with Gasteiger partial charge in [-0.05, 0) is 48.9 Å². The average molecular weight is 383 g/mol. The Bertz CT molecular complexity index is 756. The van der Waals surface area contributed by atoms with Crippen LogP contribution in [-0.4, -0.2) is 63.8 Å². The average Bonchev–Trinajstić information content (AvgIpc) is 2.72. The zero-order chi connectivity index (χ0) is 19.8. The summed E-state index contributed by atoms with van der Waals surface area (Å²) in [6.07, 6.45) is 0. The van der Waals surface area contributed by atoms with Gasteiger partial charge in [-0.3, -0.25) is 9.69 Å². The Hall–Kier alpha value is -2.73. The van der Waals surface area contributed by atoms with Gasteiger partial charge in [0, 0.05) is 31.9 Å². The Morgan fingerprint density at radius 1 is 1.04 bits per heavy atom. The molecule has 0 radical (unpaired) electrons. The maximum Gasteiger partial charge on any atom is 0.234 e. The van der Waals surface area contributed by atoms with Crippen molar-refractivity contribution in [1.82, 2.24) is 10.2 Å². The van der Waals surface area contributed by atoms with Crippen molar-refractivity contribution in [1.29, 1.82) is 0 Å². The molecule has 1 N–H and O–H groups in total. The standard InChI is InChI=1S/C22H29N3O3/c1-18-4-3-5-21(16-18)28-15-10-23-22(26)17-24-11-13-25(14-12-24)19-6-8-20(27-2)9-7-19/h3-9,16H,10-15,17H2,1-2H3,(H,23,26). The maximum atomic E-state index is 12.2. The minimum atomic E-state index is 0.0470. The second kappa shape index (κ2) is 9.99. The molecule has 6 nitrogen and oxygen atoms in total. The van der Waals surface area contributed by atoms with Crippen molar-refractivity contribution in [2.75, 3.05) is 57.9 Å². The smallest absolute Gasteiger partial charge is 0.234 e. The van der Waals surface area contributed by atoms with Crippen molar-refractivity contribution in [2.24, 2.45) is 0 Å². The Labute approximate surface area is 167 Å². The summed E-state index contributed by atoms with van der Waals surface area (Å²) in [6.45, 7) is 7.02. The van der Waals surface area contributed by atoms with Crippen molar-refractivity contribution >= 4 is 11.6 Å². The second-order valence-electron chi connectivity index (χ2n) is 6.98. The minimum absolute atomic E-state index is 0.0470. The highest BCUT2D eigenvalue weighted by molar-refractivity contribution is 5.78. The number of piperazine rings is 1. The number of anilines is 1. The van der Waals surface area contributed by atoms with Crippen LogP contribution in [0.5, 0.6) is 11.5 Å². The summed E-state index contributed by atoms with van der Waals surface area (Å²) in [4.78, 5) is 16.7. The third-order valence-electron chi connectivity index (χ3n) is 4.86. The van der Waals surface area contributed by atoms with Gasteiger partial charge in [0.25, 0.3) is 0 Å². The predicted molar refractivity (Wildman–Crippen MR) is 111 cm³/mol. The van der Waals surface area contributed by atoms with Gasteiger partial charge in [-0.1, -0.05) is 12.1 Å². The summed E-state index contributed by atoms with van der Waals surface area (Å²) in [5, 5.41) is 2.94. The van der Waals surface area contributed by atoms with E-state index in [9.17, 15) is 4.79 Å². The van der Waals surface area contributed by atoms with E-state index in [1.54, 1.807) is 7.11 Å². The molecule has 1 heterocycles. The molecule has 6 heteroatoms. The van der Waals surface area contributed by atoms with Crippen LogP contribution in [-0.2, 0) is 4.79 Å². The third kappa shape index (κ3) is 5.89. The van der Waals surface area contributed by atoms with Gasteiger partial charge < -0.3 is 19.7 Å². The molecule has 1 saturated heterocycles. The van der Waals surface area contributed by atoms with Crippen molar-refractivity contribution in [3.8, 4) is 11.5 Å². The number of rotatable bonds is 8. The van der Waals surface area contributed by atoms with E-state index in [0.717, 1.165) is 43.2 Å². The molecule has 28 heavy (non-hydrogen) atoms. The lowest BCUT2D eigenvalue weighted by Gasteiger charge is -2.35. The first-order valence-corrected chi connectivity index (χ1v) is 9.71. The van der Waals surface area contributed by atoms with Gasteiger partial charge in [-0.15, -0.1) is 0 Å². The molecule has 0 aromatic heterocycles. The number of amides is 1. The molecular formula is C22H29N3O3. The molecule has 0 unspecified atom stereocenters. The van der Waals surface area contributed by atoms with Gasteiger partial charge in [0.1, 0.15) is 18.1 Å². The molecule has 2 aromatic rings. The van der Waals surface area contributed by atoms with Crippen LogP contribution in [0.2, 0.25) is 0 Å². The van der Waals surface area contributed by atoms with Crippen LogP contribution in [0.15, 0.2) is 48.5 Å². The lowest BCUT2D eigenvalue weighted by atomic mass is 10.2. The zero-order valence-corrected chi connectivity index (χ0v) is 16.7. The van der Waals surface area contributed by atoms with Gasteiger partial charge in [-0.2, -0.15) is 0 Å². The number of carbonyl (C=O) groups is 1. The van der Waals surface area contributed by atoms with Crippen molar-refractivity contribution in [3.05, 3.63) is 54.1 Å². The van der Waals surface area contributed by atoms with E-state index >= 15 is 0 Å². The van der Waals surface area contributed by atoms with Crippen LogP contribution in [0.4, 0.5) is 5.69 Å².